The van der Waals surface area contributed by atoms with E-state index in [1.807, 2.05) is 20.8 Å². The summed E-state index contributed by atoms with van der Waals surface area (Å²) in [4.78, 5) is 21.4. The van der Waals surface area contributed by atoms with Crippen LogP contribution in [0.2, 0.25) is 0 Å². The highest BCUT2D eigenvalue weighted by molar-refractivity contribution is 7.89. The molecule has 0 spiro atoms. The van der Waals surface area contributed by atoms with E-state index in [0.717, 1.165) is 0 Å². The van der Waals surface area contributed by atoms with Crippen molar-refractivity contribution in [2.75, 3.05) is 26.2 Å². The fourth-order valence-electron chi connectivity index (χ4n) is 3.00. The Morgan fingerprint density at radius 1 is 1.26 bits per heavy atom. The van der Waals surface area contributed by atoms with Crippen molar-refractivity contribution in [3.8, 4) is 0 Å². The molecule has 0 aromatic carbocycles. The van der Waals surface area contributed by atoms with E-state index in [-0.39, 0.29) is 41.7 Å². The number of carbonyl (C=O) groups excluding carboxylic acids is 1. The minimum atomic E-state index is -3.65. The van der Waals surface area contributed by atoms with Gasteiger partial charge in [-0.15, -0.1) is 12.4 Å². The van der Waals surface area contributed by atoms with Crippen LogP contribution in [0, 0.1) is 5.41 Å². The Morgan fingerprint density at radius 2 is 1.89 bits per heavy atom. The molecule has 0 bridgehead atoms. The fourth-order valence-corrected chi connectivity index (χ4v) is 4.57. The number of pyridine rings is 1. The highest BCUT2D eigenvalue weighted by Gasteiger charge is 2.35. The van der Waals surface area contributed by atoms with Crippen LogP contribution in [-0.2, 0) is 14.8 Å². The van der Waals surface area contributed by atoms with Crippen LogP contribution < -0.4 is 5.73 Å². The largest absolute Gasteiger partial charge is 0.345 e. The summed E-state index contributed by atoms with van der Waals surface area (Å²) in [6.07, 6.45) is 3.08. The number of nitrogens with zero attached hydrogens (tertiary/aromatic N) is 3. The predicted octanol–water partition coefficient (Wildman–Crippen LogP) is 1.19. The molecule has 1 aliphatic rings. The van der Waals surface area contributed by atoms with Crippen molar-refractivity contribution in [2.45, 2.75) is 31.7 Å². The van der Waals surface area contributed by atoms with Crippen LogP contribution in [0.3, 0.4) is 0 Å². The quantitative estimate of drug-likeness (QED) is 0.781. The molecule has 8 nitrogen and oxygen atoms in total. The van der Waals surface area contributed by atoms with Crippen LogP contribution in [0.25, 0.3) is 11.0 Å². The Bertz CT molecular complexity index is 914. The number of hydrogen-bond donors (Lipinski definition) is 2. The summed E-state index contributed by atoms with van der Waals surface area (Å²) in [5.74, 6) is -0.133. The molecular formula is C17H26ClN5O3S. The van der Waals surface area contributed by atoms with E-state index in [1.165, 1.54) is 10.5 Å². The number of hydrogen-bond acceptors (Lipinski definition) is 5. The van der Waals surface area contributed by atoms with E-state index in [9.17, 15) is 13.2 Å². The number of nitrogens with one attached hydrogen (secondary N) is 1. The highest BCUT2D eigenvalue weighted by atomic mass is 35.5. The average Bonchev–Trinajstić information content (AvgIpc) is 3.04. The summed E-state index contributed by atoms with van der Waals surface area (Å²) in [7, 11) is -3.65. The fraction of sp³-hybridized carbons (Fsp3) is 0.529. The number of aromatic amines is 1. The van der Waals surface area contributed by atoms with Crippen molar-refractivity contribution >= 4 is 39.4 Å². The highest BCUT2D eigenvalue weighted by Crippen LogP contribution is 2.26. The molecule has 1 fully saturated rings. The van der Waals surface area contributed by atoms with Gasteiger partial charge in [0, 0.05) is 44.0 Å². The van der Waals surface area contributed by atoms with Crippen LogP contribution in [0.1, 0.15) is 20.8 Å². The minimum absolute atomic E-state index is 0. The van der Waals surface area contributed by atoms with Crippen molar-refractivity contribution in [2.24, 2.45) is 11.1 Å². The van der Waals surface area contributed by atoms with Crippen molar-refractivity contribution in [3.63, 3.8) is 0 Å². The third-order valence-corrected chi connectivity index (χ3v) is 6.72. The predicted molar refractivity (Wildman–Crippen MR) is 106 cm³/mol. The van der Waals surface area contributed by atoms with Crippen LogP contribution in [0.15, 0.2) is 29.4 Å². The number of rotatable bonds is 3. The molecule has 3 heterocycles. The number of piperazine rings is 1. The van der Waals surface area contributed by atoms with Crippen molar-refractivity contribution in [1.82, 2.24) is 19.2 Å². The van der Waals surface area contributed by atoms with Crippen LogP contribution >= 0.6 is 12.4 Å². The lowest BCUT2D eigenvalue weighted by molar-refractivity contribution is -0.136. The van der Waals surface area contributed by atoms with Gasteiger partial charge in [0.15, 0.2) is 0 Å². The first kappa shape index (κ1) is 21.6. The van der Waals surface area contributed by atoms with Gasteiger partial charge in [0.1, 0.15) is 10.5 Å². The van der Waals surface area contributed by atoms with Gasteiger partial charge in [-0.3, -0.25) is 4.79 Å². The molecule has 1 aliphatic heterocycles. The Kier molecular flexibility index (Phi) is 6.20. The molecule has 1 saturated heterocycles. The molecule has 10 heteroatoms. The SMILES string of the molecule is CC(C)(C)[C@H](N)C(=O)N1CCN(S(=O)(=O)c2c[nH]c3ncccc23)CC1.Cl. The number of carbonyl (C=O) groups is 1. The molecule has 0 aliphatic carbocycles. The Balaban J connectivity index is 0.00000261. The molecule has 2 aromatic heterocycles. The Morgan fingerprint density at radius 3 is 2.48 bits per heavy atom. The number of amides is 1. The zero-order chi connectivity index (χ0) is 19.1. The van der Waals surface area contributed by atoms with Gasteiger partial charge in [-0.2, -0.15) is 4.31 Å². The van der Waals surface area contributed by atoms with Gasteiger partial charge in [-0.1, -0.05) is 20.8 Å². The number of sulfonamides is 1. The van der Waals surface area contributed by atoms with Gasteiger partial charge in [-0.25, -0.2) is 13.4 Å². The third-order valence-electron chi connectivity index (χ3n) is 4.78. The maximum absolute atomic E-state index is 13.0. The van der Waals surface area contributed by atoms with Gasteiger partial charge < -0.3 is 15.6 Å². The van der Waals surface area contributed by atoms with Gasteiger partial charge in [-0.05, 0) is 17.5 Å². The maximum atomic E-state index is 13.0. The Hall–Kier alpha value is -1.68. The van der Waals surface area contributed by atoms with E-state index < -0.39 is 16.1 Å². The molecule has 0 saturated carbocycles. The zero-order valence-electron chi connectivity index (χ0n) is 15.7. The smallest absolute Gasteiger partial charge is 0.245 e. The van der Waals surface area contributed by atoms with E-state index >= 15 is 0 Å². The summed E-state index contributed by atoms with van der Waals surface area (Å²) in [6.45, 7) is 6.92. The van der Waals surface area contributed by atoms with Gasteiger partial charge in [0.2, 0.25) is 15.9 Å². The van der Waals surface area contributed by atoms with Gasteiger partial charge in [0.25, 0.3) is 0 Å². The molecule has 0 unspecified atom stereocenters. The number of nitrogens with two attached hydrogens (primary N) is 1. The summed E-state index contributed by atoms with van der Waals surface area (Å²) in [6, 6.07) is 2.83. The van der Waals surface area contributed by atoms with Crippen molar-refractivity contribution < 1.29 is 13.2 Å². The second-order valence-corrected chi connectivity index (χ2v) is 9.53. The first-order chi connectivity index (χ1) is 12.1. The lowest BCUT2D eigenvalue weighted by atomic mass is 9.86. The summed E-state index contributed by atoms with van der Waals surface area (Å²) in [5, 5.41) is 0.570. The molecule has 1 amide bonds. The maximum Gasteiger partial charge on any atom is 0.245 e. The van der Waals surface area contributed by atoms with Gasteiger partial charge >= 0.3 is 0 Å². The lowest BCUT2D eigenvalue weighted by Gasteiger charge is -2.37. The second kappa shape index (κ2) is 7.75. The molecule has 27 heavy (non-hydrogen) atoms. The molecule has 0 radical (unpaired) electrons. The monoisotopic (exact) mass is 415 g/mol. The average molecular weight is 416 g/mol. The molecule has 150 valence electrons. The van der Waals surface area contributed by atoms with Crippen molar-refractivity contribution in [3.05, 3.63) is 24.5 Å². The first-order valence-corrected chi connectivity index (χ1v) is 10.0. The van der Waals surface area contributed by atoms with Crippen LogP contribution in [0.4, 0.5) is 0 Å². The van der Waals surface area contributed by atoms with Crippen LogP contribution in [-0.4, -0.2) is 65.7 Å². The minimum Gasteiger partial charge on any atom is -0.345 e. The van der Waals surface area contributed by atoms with E-state index in [1.54, 1.807) is 23.2 Å². The number of fused-ring (bicyclic) bond motifs is 1. The Labute approximate surface area is 165 Å². The van der Waals surface area contributed by atoms with Crippen molar-refractivity contribution in [1.29, 1.82) is 0 Å². The summed E-state index contributed by atoms with van der Waals surface area (Å²) >= 11 is 0. The molecule has 2 aromatic rings. The summed E-state index contributed by atoms with van der Waals surface area (Å²) < 4.78 is 27.4. The van der Waals surface area contributed by atoms with E-state index in [4.69, 9.17) is 5.73 Å². The third kappa shape index (κ3) is 4.11. The van der Waals surface area contributed by atoms with E-state index in [0.29, 0.717) is 24.1 Å². The number of H-pyrrole nitrogens is 1. The molecular weight excluding hydrogens is 390 g/mol. The summed E-state index contributed by atoms with van der Waals surface area (Å²) in [5.41, 5.74) is 6.25. The topological polar surface area (TPSA) is 112 Å². The molecule has 3 N–H and O–H groups in total. The molecule has 3 rings (SSSR count). The van der Waals surface area contributed by atoms with E-state index in [2.05, 4.69) is 9.97 Å². The van der Waals surface area contributed by atoms with Crippen LogP contribution in [0.5, 0.6) is 0 Å². The zero-order valence-corrected chi connectivity index (χ0v) is 17.3. The number of halogens is 1. The molecule has 1 atom stereocenters. The first-order valence-electron chi connectivity index (χ1n) is 8.59. The second-order valence-electron chi connectivity index (χ2n) is 7.63. The standard InChI is InChI=1S/C17H25N5O3S.ClH/c1-17(2,3)14(18)16(23)21-7-9-22(10-8-21)26(24,25)13-11-20-15-12(13)5-4-6-19-15;/h4-6,11,14H,7-10,18H2,1-3H3,(H,19,20);1H/t14-;/m1./s1. The number of aromatic nitrogens is 2. The van der Waals surface area contributed by atoms with Gasteiger partial charge in [0.05, 0.1) is 6.04 Å². The normalized spacial score (nSPS) is 17.6. The lowest BCUT2D eigenvalue weighted by Crippen LogP contribution is -2.56.